The molecule has 12 heteroatoms. The van der Waals surface area contributed by atoms with E-state index in [0.29, 0.717) is 43.8 Å². The molecule has 0 radical (unpaired) electrons. The van der Waals surface area contributed by atoms with Gasteiger partial charge in [0.1, 0.15) is 12.3 Å². The molecule has 1 N–H and O–H groups in total. The van der Waals surface area contributed by atoms with Crippen LogP contribution in [0.15, 0.2) is 42.5 Å². The van der Waals surface area contributed by atoms with Crippen molar-refractivity contribution < 1.29 is 33.6 Å². The van der Waals surface area contributed by atoms with E-state index in [1.807, 2.05) is 0 Å². The zero-order chi connectivity index (χ0) is 26.7. The Morgan fingerprint density at radius 1 is 1.05 bits per heavy atom. The van der Waals surface area contributed by atoms with E-state index in [1.54, 1.807) is 23.1 Å². The van der Waals surface area contributed by atoms with Crippen LogP contribution in [-0.2, 0) is 9.59 Å². The number of likely N-dealkylation sites (tertiary alicyclic amines) is 1. The fourth-order valence-electron chi connectivity index (χ4n) is 4.37. The molecule has 0 atom stereocenters. The Labute approximate surface area is 211 Å². The Morgan fingerprint density at radius 2 is 1.76 bits per heavy atom. The van der Waals surface area contributed by atoms with Crippen LogP contribution in [0.3, 0.4) is 0 Å². The summed E-state index contributed by atoms with van der Waals surface area (Å²) in [6, 6.07) is 9.80. The molecule has 1 fully saturated rings. The maximum absolute atomic E-state index is 12.8. The van der Waals surface area contributed by atoms with Gasteiger partial charge in [-0.25, -0.2) is 0 Å². The topological polar surface area (TPSA) is 156 Å². The number of fused-ring (bicyclic) bond motifs is 1. The third-order valence-electron chi connectivity index (χ3n) is 6.30. The molecule has 37 heavy (non-hydrogen) atoms. The number of amides is 4. The van der Waals surface area contributed by atoms with E-state index in [0.717, 1.165) is 17.0 Å². The molecule has 4 amide bonds. The first-order valence-corrected chi connectivity index (χ1v) is 11.6. The van der Waals surface area contributed by atoms with Gasteiger partial charge in [0.05, 0.1) is 16.1 Å². The first-order chi connectivity index (χ1) is 17.6. The minimum absolute atomic E-state index is 0.0267. The molecule has 0 unspecified atom stereocenters. The van der Waals surface area contributed by atoms with E-state index in [9.17, 15) is 34.1 Å². The quantitative estimate of drug-likeness (QED) is 0.195. The van der Waals surface area contributed by atoms with Gasteiger partial charge in [0, 0.05) is 44.3 Å². The molecule has 2 aromatic rings. The summed E-state index contributed by atoms with van der Waals surface area (Å²) in [7, 11) is 0. The first kappa shape index (κ1) is 25.5. The van der Waals surface area contributed by atoms with Gasteiger partial charge in [-0.1, -0.05) is 6.07 Å². The lowest BCUT2D eigenvalue weighted by molar-refractivity contribution is -0.384. The van der Waals surface area contributed by atoms with E-state index in [2.05, 4.69) is 5.32 Å². The summed E-state index contributed by atoms with van der Waals surface area (Å²) < 4.78 is 5.04. The second-order valence-corrected chi connectivity index (χ2v) is 8.84. The van der Waals surface area contributed by atoms with Gasteiger partial charge in [-0.15, -0.1) is 0 Å². The minimum atomic E-state index is -0.747. The van der Waals surface area contributed by atoms with Gasteiger partial charge in [-0.05, 0) is 43.0 Å². The zero-order valence-corrected chi connectivity index (χ0v) is 20.0. The summed E-state index contributed by atoms with van der Waals surface area (Å²) >= 11 is 0. The summed E-state index contributed by atoms with van der Waals surface area (Å²) in [6.07, 6.45) is 1.29. The predicted molar refractivity (Wildman–Crippen MR) is 128 cm³/mol. The first-order valence-electron chi connectivity index (χ1n) is 11.6. The van der Waals surface area contributed by atoms with Crippen molar-refractivity contribution in [3.8, 4) is 5.75 Å². The van der Waals surface area contributed by atoms with E-state index < -0.39 is 35.2 Å². The number of imide groups is 1. The maximum Gasteiger partial charge on any atom is 0.308 e. The number of esters is 1. The number of non-ortho nitro benzene ring substituents is 1. The normalized spacial score (nSPS) is 15.4. The van der Waals surface area contributed by atoms with Gasteiger partial charge in [0.2, 0.25) is 5.91 Å². The van der Waals surface area contributed by atoms with Crippen LogP contribution < -0.4 is 10.1 Å². The van der Waals surface area contributed by atoms with Crippen LogP contribution in [0, 0.1) is 16.0 Å². The van der Waals surface area contributed by atoms with Gasteiger partial charge >= 0.3 is 5.97 Å². The number of carbonyl (C=O) groups excluding carboxylic acids is 5. The third-order valence-corrected chi connectivity index (χ3v) is 6.30. The number of piperidine rings is 1. The second-order valence-electron chi connectivity index (χ2n) is 8.84. The molecule has 2 aromatic carbocycles. The van der Waals surface area contributed by atoms with E-state index in [-0.39, 0.29) is 28.6 Å². The van der Waals surface area contributed by atoms with Crippen LogP contribution in [0.2, 0.25) is 0 Å². The lowest BCUT2D eigenvalue weighted by Gasteiger charge is -2.32. The van der Waals surface area contributed by atoms with Crippen molar-refractivity contribution >= 4 is 35.3 Å². The van der Waals surface area contributed by atoms with Crippen molar-refractivity contribution in [3.05, 3.63) is 69.3 Å². The summed E-state index contributed by atoms with van der Waals surface area (Å²) in [5.74, 6) is -2.19. The maximum atomic E-state index is 12.8. The Kier molecular flexibility index (Phi) is 7.27. The van der Waals surface area contributed by atoms with E-state index in [1.165, 1.54) is 19.1 Å². The Bertz CT molecular complexity index is 1300. The third kappa shape index (κ3) is 5.63. The molecule has 0 aliphatic carbocycles. The molecular formula is C25H24N4O8. The molecule has 2 heterocycles. The molecule has 0 aromatic heterocycles. The average Bonchev–Trinajstić information content (AvgIpc) is 3.11. The molecule has 1 saturated heterocycles. The minimum Gasteiger partial charge on any atom is -0.427 e. The van der Waals surface area contributed by atoms with Crippen LogP contribution in [0.5, 0.6) is 5.75 Å². The fraction of sp³-hybridized carbons (Fsp3) is 0.320. The SMILES string of the molecule is CC(=O)Oc1cccc(C(=O)N2CCC(CNC(=O)CN3C(=O)c4ccc([N+](=O)[O-])cc4C3=O)CC2)c1. The summed E-state index contributed by atoms with van der Waals surface area (Å²) in [5.41, 5.74) is 0.0335. The lowest BCUT2D eigenvalue weighted by atomic mass is 9.96. The molecule has 192 valence electrons. The number of nitro groups is 1. The van der Waals surface area contributed by atoms with Gasteiger partial charge in [-0.3, -0.25) is 39.0 Å². The lowest BCUT2D eigenvalue weighted by Crippen LogP contribution is -2.44. The Balaban J connectivity index is 1.26. The van der Waals surface area contributed by atoms with Crippen LogP contribution in [0.1, 0.15) is 50.8 Å². The van der Waals surface area contributed by atoms with Gasteiger partial charge in [0.15, 0.2) is 0 Å². The van der Waals surface area contributed by atoms with Gasteiger partial charge < -0.3 is 15.0 Å². The highest BCUT2D eigenvalue weighted by molar-refractivity contribution is 6.22. The molecule has 0 bridgehead atoms. The monoisotopic (exact) mass is 508 g/mol. The standard InChI is InChI=1S/C25H24N4O8/c1-15(30)37-19-4-2-3-17(11-19)23(32)27-9-7-16(8-10-27)13-26-22(31)14-28-24(33)20-6-5-18(29(35)36)12-21(20)25(28)34/h2-6,11-12,16H,7-10,13-14H2,1H3,(H,26,31). The molecule has 2 aliphatic heterocycles. The van der Waals surface area contributed by atoms with E-state index in [4.69, 9.17) is 4.74 Å². The van der Waals surface area contributed by atoms with Crippen LogP contribution in [-0.4, -0.2) is 70.5 Å². The number of ether oxygens (including phenoxy) is 1. The largest absolute Gasteiger partial charge is 0.427 e. The molecular weight excluding hydrogens is 484 g/mol. The van der Waals surface area contributed by atoms with Crippen molar-refractivity contribution in [2.75, 3.05) is 26.2 Å². The Morgan fingerprint density at radius 3 is 2.43 bits per heavy atom. The number of nitrogens with zero attached hydrogens (tertiary/aromatic N) is 3. The Hall–Kier alpha value is -4.61. The van der Waals surface area contributed by atoms with Crippen molar-refractivity contribution in [3.63, 3.8) is 0 Å². The van der Waals surface area contributed by atoms with Gasteiger partial charge in [-0.2, -0.15) is 0 Å². The summed E-state index contributed by atoms with van der Waals surface area (Å²) in [4.78, 5) is 74.3. The zero-order valence-electron chi connectivity index (χ0n) is 20.0. The van der Waals surface area contributed by atoms with Crippen LogP contribution >= 0.6 is 0 Å². The van der Waals surface area contributed by atoms with Crippen molar-refractivity contribution in [2.45, 2.75) is 19.8 Å². The highest BCUT2D eigenvalue weighted by atomic mass is 16.6. The van der Waals surface area contributed by atoms with E-state index >= 15 is 0 Å². The van der Waals surface area contributed by atoms with Gasteiger partial charge in [0.25, 0.3) is 23.4 Å². The highest BCUT2D eigenvalue weighted by Gasteiger charge is 2.38. The number of hydrogen-bond donors (Lipinski definition) is 1. The molecule has 12 nitrogen and oxygen atoms in total. The number of hydrogen-bond acceptors (Lipinski definition) is 8. The number of carbonyl (C=O) groups is 5. The van der Waals surface area contributed by atoms with Crippen LogP contribution in [0.25, 0.3) is 0 Å². The molecule has 4 rings (SSSR count). The second kappa shape index (κ2) is 10.6. The number of benzene rings is 2. The number of nitro benzene ring substituents is 1. The molecule has 0 spiro atoms. The molecule has 0 saturated carbocycles. The van der Waals surface area contributed by atoms with Crippen molar-refractivity contribution in [2.24, 2.45) is 5.92 Å². The number of nitrogens with one attached hydrogen (secondary N) is 1. The van der Waals surface area contributed by atoms with Crippen molar-refractivity contribution in [1.82, 2.24) is 15.1 Å². The fourth-order valence-corrected chi connectivity index (χ4v) is 4.37. The predicted octanol–water partition coefficient (Wildman–Crippen LogP) is 1.78. The summed E-state index contributed by atoms with van der Waals surface area (Å²) in [5, 5.41) is 13.7. The highest BCUT2D eigenvalue weighted by Crippen LogP contribution is 2.27. The summed E-state index contributed by atoms with van der Waals surface area (Å²) in [6.45, 7) is 2.07. The smallest absolute Gasteiger partial charge is 0.308 e. The number of rotatable bonds is 7. The van der Waals surface area contributed by atoms with Crippen LogP contribution in [0.4, 0.5) is 5.69 Å². The molecule has 2 aliphatic rings. The average molecular weight is 508 g/mol. The van der Waals surface area contributed by atoms with Crippen molar-refractivity contribution in [1.29, 1.82) is 0 Å².